The Labute approximate surface area is 134 Å². The number of urea groups is 1. The van der Waals surface area contributed by atoms with Gasteiger partial charge in [-0.3, -0.25) is 4.68 Å². The summed E-state index contributed by atoms with van der Waals surface area (Å²) in [6, 6.07) is 4.81. The summed E-state index contributed by atoms with van der Waals surface area (Å²) < 4.78 is 38.6. The molecular weight excluding hydrogens is 331 g/mol. The average Bonchev–Trinajstić information content (AvgIpc) is 2.89. The van der Waals surface area contributed by atoms with Crippen molar-refractivity contribution in [3.05, 3.63) is 36.9 Å². The van der Waals surface area contributed by atoms with Crippen LogP contribution in [0, 0.1) is 0 Å². The van der Waals surface area contributed by atoms with E-state index in [1.54, 1.807) is 11.6 Å². The number of carbonyl (C=O) groups excluding carboxylic acids is 1. The number of rotatable bonds is 5. The summed E-state index contributed by atoms with van der Waals surface area (Å²) >= 11 is -0.232. The number of carbonyl (C=O) groups is 1. The molecule has 0 unspecified atom stereocenters. The monoisotopic (exact) mass is 345 g/mol. The number of halogens is 3. The quantitative estimate of drug-likeness (QED) is 0.817. The molecule has 1 aromatic carbocycles. The zero-order chi connectivity index (χ0) is 16.9. The molecule has 2 rings (SSSR count). The number of benzene rings is 1. The molecule has 1 aromatic heterocycles. The van der Waals surface area contributed by atoms with Crippen LogP contribution in [0.4, 0.5) is 23.7 Å². The smallest absolute Gasteiger partial charge is 0.334 e. The van der Waals surface area contributed by atoms with Gasteiger partial charge in [-0.2, -0.15) is 18.3 Å². The van der Waals surface area contributed by atoms with Gasteiger partial charge in [0.05, 0.1) is 6.54 Å². The summed E-state index contributed by atoms with van der Waals surface area (Å²) in [6.45, 7) is 2.20. The first-order valence-corrected chi connectivity index (χ1v) is 7.39. The average molecular weight is 345 g/mol. The van der Waals surface area contributed by atoms with E-state index in [1.165, 1.54) is 36.9 Å². The van der Waals surface area contributed by atoms with Crippen LogP contribution in [0.1, 0.15) is 6.92 Å². The molecule has 2 amide bonds. The van der Waals surface area contributed by atoms with Crippen molar-refractivity contribution in [2.45, 2.75) is 29.9 Å². The van der Waals surface area contributed by atoms with E-state index in [1.807, 2.05) is 0 Å². The standard InChI is InChI=1S/C13H14F3N5OS/c1-9(6-21-8-17-7-18-21)19-12(22)20-10-3-2-4-11(5-10)23-13(14,15)16/h2-5,7-9H,6H2,1H3,(H2,19,20,22)/t9-/m0/s1. The molecule has 10 heteroatoms. The summed E-state index contributed by atoms with van der Waals surface area (Å²) in [5.74, 6) is 0. The SMILES string of the molecule is C[C@@H](Cn1cncn1)NC(=O)Nc1cccc(SC(F)(F)F)c1. The van der Waals surface area contributed by atoms with Crippen LogP contribution in [0.15, 0.2) is 41.8 Å². The molecule has 23 heavy (non-hydrogen) atoms. The summed E-state index contributed by atoms with van der Waals surface area (Å²) in [5.41, 5.74) is -4.09. The highest BCUT2D eigenvalue weighted by molar-refractivity contribution is 8.00. The highest BCUT2D eigenvalue weighted by atomic mass is 32.2. The van der Waals surface area contributed by atoms with E-state index < -0.39 is 11.5 Å². The lowest BCUT2D eigenvalue weighted by Gasteiger charge is -2.15. The van der Waals surface area contributed by atoms with E-state index in [2.05, 4.69) is 20.7 Å². The van der Waals surface area contributed by atoms with Crippen molar-refractivity contribution in [3.63, 3.8) is 0 Å². The van der Waals surface area contributed by atoms with Crippen molar-refractivity contribution >= 4 is 23.5 Å². The third-order valence-corrected chi connectivity index (χ3v) is 3.35. The van der Waals surface area contributed by atoms with E-state index in [0.717, 1.165) is 0 Å². The minimum Gasteiger partial charge on any atom is -0.334 e. The maximum atomic E-state index is 12.3. The summed E-state index contributed by atoms with van der Waals surface area (Å²) in [4.78, 5) is 15.6. The number of hydrogen-bond donors (Lipinski definition) is 2. The van der Waals surface area contributed by atoms with Crippen LogP contribution in [-0.2, 0) is 6.54 Å². The maximum Gasteiger partial charge on any atom is 0.446 e. The van der Waals surface area contributed by atoms with Crippen molar-refractivity contribution in [2.24, 2.45) is 0 Å². The van der Waals surface area contributed by atoms with Gasteiger partial charge in [-0.05, 0) is 36.9 Å². The van der Waals surface area contributed by atoms with Crippen molar-refractivity contribution in [2.75, 3.05) is 5.32 Å². The normalized spacial score (nSPS) is 12.7. The van der Waals surface area contributed by atoms with Gasteiger partial charge in [-0.1, -0.05) is 6.07 Å². The van der Waals surface area contributed by atoms with Gasteiger partial charge in [0.2, 0.25) is 0 Å². The minimum atomic E-state index is -4.37. The van der Waals surface area contributed by atoms with E-state index >= 15 is 0 Å². The molecule has 0 radical (unpaired) electrons. The van der Waals surface area contributed by atoms with Gasteiger partial charge in [-0.15, -0.1) is 0 Å². The van der Waals surface area contributed by atoms with Crippen molar-refractivity contribution < 1.29 is 18.0 Å². The van der Waals surface area contributed by atoms with E-state index in [-0.39, 0.29) is 28.4 Å². The molecule has 0 fully saturated rings. The molecule has 2 aromatic rings. The van der Waals surface area contributed by atoms with Gasteiger partial charge < -0.3 is 10.6 Å². The van der Waals surface area contributed by atoms with Crippen LogP contribution in [0.3, 0.4) is 0 Å². The first kappa shape index (κ1) is 17.1. The third kappa shape index (κ3) is 6.19. The lowest BCUT2D eigenvalue weighted by Crippen LogP contribution is -2.38. The number of thioether (sulfide) groups is 1. The molecule has 0 aliphatic carbocycles. The Morgan fingerprint density at radius 2 is 2.22 bits per heavy atom. The largest absolute Gasteiger partial charge is 0.446 e. The first-order chi connectivity index (χ1) is 10.8. The molecule has 0 spiro atoms. The van der Waals surface area contributed by atoms with Crippen molar-refractivity contribution in [3.8, 4) is 0 Å². The fraction of sp³-hybridized carbons (Fsp3) is 0.308. The molecule has 0 aliphatic rings. The fourth-order valence-electron chi connectivity index (χ4n) is 1.82. The van der Waals surface area contributed by atoms with Gasteiger partial charge >= 0.3 is 11.5 Å². The maximum absolute atomic E-state index is 12.3. The van der Waals surface area contributed by atoms with Crippen LogP contribution in [0.2, 0.25) is 0 Å². The molecule has 1 atom stereocenters. The lowest BCUT2D eigenvalue weighted by molar-refractivity contribution is -0.0328. The van der Waals surface area contributed by atoms with E-state index in [0.29, 0.717) is 6.54 Å². The topological polar surface area (TPSA) is 71.8 Å². The first-order valence-electron chi connectivity index (χ1n) is 6.57. The molecule has 0 saturated carbocycles. The second kappa shape index (κ2) is 7.36. The summed E-state index contributed by atoms with van der Waals surface area (Å²) in [7, 11) is 0. The predicted molar refractivity (Wildman–Crippen MR) is 80.0 cm³/mol. The number of hydrogen-bond acceptors (Lipinski definition) is 4. The zero-order valence-corrected chi connectivity index (χ0v) is 12.9. The van der Waals surface area contributed by atoms with E-state index in [9.17, 15) is 18.0 Å². The number of amides is 2. The molecular formula is C13H14F3N5OS. The van der Waals surface area contributed by atoms with Gasteiger partial charge in [-0.25, -0.2) is 9.78 Å². The Bertz CT molecular complexity index is 647. The Kier molecular flexibility index (Phi) is 5.48. The van der Waals surface area contributed by atoms with Gasteiger partial charge in [0.15, 0.2) is 0 Å². The number of nitrogens with zero attached hydrogens (tertiary/aromatic N) is 3. The van der Waals surface area contributed by atoms with Crippen molar-refractivity contribution in [1.29, 1.82) is 0 Å². The number of aromatic nitrogens is 3. The lowest BCUT2D eigenvalue weighted by atomic mass is 10.3. The number of nitrogens with one attached hydrogen (secondary N) is 2. The Hall–Kier alpha value is -2.23. The highest BCUT2D eigenvalue weighted by Crippen LogP contribution is 2.37. The Morgan fingerprint density at radius 3 is 2.87 bits per heavy atom. The van der Waals surface area contributed by atoms with Crippen LogP contribution >= 0.6 is 11.8 Å². The van der Waals surface area contributed by atoms with Crippen LogP contribution in [0.5, 0.6) is 0 Å². The third-order valence-electron chi connectivity index (χ3n) is 2.63. The van der Waals surface area contributed by atoms with Crippen LogP contribution in [0.25, 0.3) is 0 Å². The number of alkyl halides is 3. The minimum absolute atomic E-state index is 0.00552. The summed E-state index contributed by atoms with van der Waals surface area (Å²) in [6.07, 6.45) is 2.91. The van der Waals surface area contributed by atoms with Crippen molar-refractivity contribution in [1.82, 2.24) is 20.1 Å². The Balaban J connectivity index is 1.88. The Morgan fingerprint density at radius 1 is 1.43 bits per heavy atom. The van der Waals surface area contributed by atoms with Crippen LogP contribution < -0.4 is 10.6 Å². The predicted octanol–water partition coefficient (Wildman–Crippen LogP) is 3.10. The highest BCUT2D eigenvalue weighted by Gasteiger charge is 2.29. The fourth-order valence-corrected chi connectivity index (χ4v) is 2.41. The summed E-state index contributed by atoms with van der Waals surface area (Å²) in [5, 5.41) is 9.09. The molecule has 1 heterocycles. The zero-order valence-electron chi connectivity index (χ0n) is 12.0. The molecule has 0 aliphatic heterocycles. The molecule has 0 bridgehead atoms. The second-order valence-electron chi connectivity index (χ2n) is 4.69. The molecule has 6 nitrogen and oxygen atoms in total. The molecule has 124 valence electrons. The second-order valence-corrected chi connectivity index (χ2v) is 5.83. The van der Waals surface area contributed by atoms with Gasteiger partial charge in [0.1, 0.15) is 12.7 Å². The van der Waals surface area contributed by atoms with Crippen LogP contribution in [-0.4, -0.2) is 32.3 Å². The van der Waals surface area contributed by atoms with E-state index in [4.69, 9.17) is 0 Å². The number of anilines is 1. The van der Waals surface area contributed by atoms with Gasteiger partial charge in [0, 0.05) is 16.6 Å². The molecule has 2 N–H and O–H groups in total. The molecule has 0 saturated heterocycles. The van der Waals surface area contributed by atoms with Gasteiger partial charge in [0.25, 0.3) is 0 Å².